The zero-order valence-electron chi connectivity index (χ0n) is 15.5. The molecule has 1 aromatic heterocycles. The minimum absolute atomic E-state index is 0.0688. The zero-order valence-corrected chi connectivity index (χ0v) is 17.1. The van der Waals surface area contributed by atoms with Crippen molar-refractivity contribution in [3.8, 4) is 22.8 Å². The molecule has 0 N–H and O–H groups in total. The van der Waals surface area contributed by atoms with Crippen molar-refractivity contribution in [2.75, 3.05) is 13.8 Å². The second kappa shape index (κ2) is 8.10. The second-order valence-corrected chi connectivity index (χ2v) is 7.63. The van der Waals surface area contributed by atoms with Gasteiger partial charge in [0.15, 0.2) is 11.5 Å². The van der Waals surface area contributed by atoms with Crippen LogP contribution in [0.25, 0.3) is 11.3 Å². The summed E-state index contributed by atoms with van der Waals surface area (Å²) in [5.41, 5.74) is 2.06. The molecular formula is C22H20BrNO4. The maximum Gasteiger partial charge on any atom is 0.231 e. The Balaban J connectivity index is 1.32. The number of ether oxygens (including phenoxy) is 2. The molecule has 0 unspecified atom stereocenters. The first-order valence-corrected chi connectivity index (χ1v) is 9.85. The van der Waals surface area contributed by atoms with Gasteiger partial charge in [0, 0.05) is 23.5 Å². The van der Waals surface area contributed by atoms with Gasteiger partial charge >= 0.3 is 0 Å². The van der Waals surface area contributed by atoms with E-state index in [4.69, 9.17) is 13.9 Å². The van der Waals surface area contributed by atoms with Crippen molar-refractivity contribution in [3.63, 3.8) is 0 Å². The number of aryl methyl sites for hydroxylation is 1. The van der Waals surface area contributed by atoms with Gasteiger partial charge in [-0.05, 0) is 48.4 Å². The van der Waals surface area contributed by atoms with E-state index < -0.39 is 0 Å². The number of hydrogen-bond acceptors (Lipinski definition) is 4. The number of halogens is 1. The average Bonchev–Trinajstić information content (AvgIpc) is 3.35. The van der Waals surface area contributed by atoms with Crippen molar-refractivity contribution >= 4 is 21.8 Å². The van der Waals surface area contributed by atoms with E-state index in [9.17, 15) is 4.79 Å². The lowest BCUT2D eigenvalue weighted by molar-refractivity contribution is -0.130. The smallest absolute Gasteiger partial charge is 0.231 e. The Morgan fingerprint density at radius 1 is 1.04 bits per heavy atom. The van der Waals surface area contributed by atoms with Gasteiger partial charge in [-0.25, -0.2) is 0 Å². The van der Waals surface area contributed by atoms with Crippen LogP contribution in [-0.2, 0) is 17.8 Å². The third kappa shape index (κ3) is 4.22. The minimum Gasteiger partial charge on any atom is -0.459 e. The Bertz CT molecular complexity index is 980. The fraction of sp³-hybridized carbons (Fsp3) is 0.227. The fourth-order valence-electron chi connectivity index (χ4n) is 3.09. The monoisotopic (exact) mass is 441 g/mol. The normalized spacial score (nSPS) is 12.2. The molecule has 0 saturated carbocycles. The van der Waals surface area contributed by atoms with Crippen molar-refractivity contribution in [2.45, 2.75) is 19.4 Å². The second-order valence-electron chi connectivity index (χ2n) is 6.71. The molecule has 0 aliphatic carbocycles. The first kappa shape index (κ1) is 18.6. The third-order valence-electron chi connectivity index (χ3n) is 4.67. The maximum atomic E-state index is 12.5. The topological polar surface area (TPSA) is 51.9 Å². The van der Waals surface area contributed by atoms with Crippen molar-refractivity contribution < 1.29 is 18.7 Å². The van der Waals surface area contributed by atoms with E-state index in [0.29, 0.717) is 19.4 Å². The number of furan rings is 1. The summed E-state index contributed by atoms with van der Waals surface area (Å²) in [5.74, 6) is 3.13. The molecule has 0 spiro atoms. The summed E-state index contributed by atoms with van der Waals surface area (Å²) in [6.45, 7) is 0.697. The molecule has 2 heterocycles. The van der Waals surface area contributed by atoms with Crippen LogP contribution < -0.4 is 9.47 Å². The summed E-state index contributed by atoms with van der Waals surface area (Å²) in [6.07, 6.45) is 1.08. The van der Waals surface area contributed by atoms with Crippen LogP contribution in [0, 0.1) is 0 Å². The first-order chi connectivity index (χ1) is 13.6. The average molecular weight is 442 g/mol. The van der Waals surface area contributed by atoms with Crippen LogP contribution in [0.1, 0.15) is 17.7 Å². The van der Waals surface area contributed by atoms with Gasteiger partial charge in [0.05, 0.1) is 6.54 Å². The number of carbonyl (C=O) groups excluding carboxylic acids is 1. The van der Waals surface area contributed by atoms with E-state index in [-0.39, 0.29) is 12.7 Å². The van der Waals surface area contributed by atoms with Crippen LogP contribution >= 0.6 is 15.9 Å². The molecule has 1 aliphatic heterocycles. The number of hydrogen-bond donors (Lipinski definition) is 0. The summed E-state index contributed by atoms with van der Waals surface area (Å²) in [5, 5.41) is 0. The molecule has 4 rings (SSSR count). The molecule has 0 bridgehead atoms. The van der Waals surface area contributed by atoms with Crippen molar-refractivity contribution in [1.82, 2.24) is 4.90 Å². The lowest BCUT2D eigenvalue weighted by atomic mass is 10.1. The molecule has 28 heavy (non-hydrogen) atoms. The van der Waals surface area contributed by atoms with Crippen molar-refractivity contribution in [2.24, 2.45) is 0 Å². The lowest BCUT2D eigenvalue weighted by Gasteiger charge is -2.15. The Hall–Kier alpha value is -2.73. The molecular weight excluding hydrogens is 422 g/mol. The van der Waals surface area contributed by atoms with Crippen molar-refractivity contribution in [1.29, 1.82) is 0 Å². The predicted molar refractivity (Wildman–Crippen MR) is 109 cm³/mol. The first-order valence-electron chi connectivity index (χ1n) is 9.05. The van der Waals surface area contributed by atoms with Crippen LogP contribution in [0.5, 0.6) is 11.5 Å². The summed E-state index contributed by atoms with van der Waals surface area (Å²) >= 11 is 3.43. The summed E-state index contributed by atoms with van der Waals surface area (Å²) in [4.78, 5) is 14.2. The molecule has 1 aliphatic rings. The number of benzene rings is 2. The maximum absolute atomic E-state index is 12.5. The van der Waals surface area contributed by atoms with E-state index >= 15 is 0 Å². The number of rotatable bonds is 6. The predicted octanol–water partition coefficient (Wildman–Crippen LogP) is 5.03. The number of carbonyl (C=O) groups is 1. The van der Waals surface area contributed by atoms with Crippen LogP contribution in [0.2, 0.25) is 0 Å². The summed E-state index contributed by atoms with van der Waals surface area (Å²) in [7, 11) is 1.80. The molecule has 2 aromatic carbocycles. The highest BCUT2D eigenvalue weighted by molar-refractivity contribution is 9.10. The largest absolute Gasteiger partial charge is 0.459 e. The minimum atomic E-state index is 0.0688. The summed E-state index contributed by atoms with van der Waals surface area (Å²) < 4.78 is 17.6. The van der Waals surface area contributed by atoms with E-state index in [1.807, 2.05) is 54.6 Å². The van der Waals surface area contributed by atoms with Crippen LogP contribution in [0.15, 0.2) is 63.5 Å². The Labute approximate surface area is 172 Å². The quantitative estimate of drug-likeness (QED) is 0.538. The third-order valence-corrected chi connectivity index (χ3v) is 5.20. The molecule has 6 heteroatoms. The highest BCUT2D eigenvalue weighted by Gasteiger charge is 2.15. The standard InChI is InChI=1S/C22H20BrNO4/c1-24(13-18-8-10-19(28-18)16-4-6-17(23)7-5-16)22(25)11-3-15-2-9-20-21(12-15)27-14-26-20/h2,4-10,12H,3,11,13-14H2,1H3. The lowest BCUT2D eigenvalue weighted by Crippen LogP contribution is -2.26. The highest BCUT2D eigenvalue weighted by Crippen LogP contribution is 2.32. The van der Waals surface area contributed by atoms with Gasteiger partial charge in [0.1, 0.15) is 11.5 Å². The molecule has 0 fully saturated rings. The Morgan fingerprint density at radius 3 is 2.64 bits per heavy atom. The highest BCUT2D eigenvalue weighted by atomic mass is 79.9. The van der Waals surface area contributed by atoms with E-state index in [2.05, 4.69) is 15.9 Å². The SMILES string of the molecule is CN(Cc1ccc(-c2ccc(Br)cc2)o1)C(=O)CCc1ccc2c(c1)OCO2. The molecule has 5 nitrogen and oxygen atoms in total. The summed E-state index contributed by atoms with van der Waals surface area (Å²) in [6, 6.07) is 17.6. The van der Waals surface area contributed by atoms with E-state index in [0.717, 1.165) is 38.6 Å². The molecule has 0 saturated heterocycles. The Morgan fingerprint density at radius 2 is 1.82 bits per heavy atom. The van der Waals surface area contributed by atoms with Crippen LogP contribution in [-0.4, -0.2) is 24.6 Å². The zero-order chi connectivity index (χ0) is 19.5. The number of nitrogens with zero attached hydrogens (tertiary/aromatic N) is 1. The molecule has 144 valence electrons. The van der Waals surface area contributed by atoms with Crippen LogP contribution in [0.4, 0.5) is 0 Å². The number of amides is 1. The molecule has 3 aromatic rings. The molecule has 0 atom stereocenters. The fourth-order valence-corrected chi connectivity index (χ4v) is 3.36. The van der Waals surface area contributed by atoms with Gasteiger partial charge in [-0.3, -0.25) is 4.79 Å². The van der Waals surface area contributed by atoms with Gasteiger partial charge in [-0.15, -0.1) is 0 Å². The van der Waals surface area contributed by atoms with Gasteiger partial charge in [-0.2, -0.15) is 0 Å². The van der Waals surface area contributed by atoms with Crippen LogP contribution in [0.3, 0.4) is 0 Å². The van der Waals surface area contributed by atoms with Gasteiger partial charge in [-0.1, -0.05) is 34.1 Å². The van der Waals surface area contributed by atoms with E-state index in [1.54, 1.807) is 11.9 Å². The molecule has 1 amide bonds. The van der Waals surface area contributed by atoms with Crippen molar-refractivity contribution in [3.05, 3.63) is 70.4 Å². The number of fused-ring (bicyclic) bond motifs is 1. The van der Waals surface area contributed by atoms with Gasteiger partial charge in [0.2, 0.25) is 12.7 Å². The Kier molecular flexibility index (Phi) is 5.39. The van der Waals surface area contributed by atoms with E-state index in [1.165, 1.54) is 0 Å². The van der Waals surface area contributed by atoms with Gasteiger partial charge in [0.25, 0.3) is 0 Å². The van der Waals surface area contributed by atoms with Gasteiger partial charge < -0.3 is 18.8 Å². The molecule has 0 radical (unpaired) electrons.